The molecule has 5 heteroatoms. The molecule has 0 aromatic heterocycles. The zero-order valence-corrected chi connectivity index (χ0v) is 12.5. The molecule has 0 aliphatic carbocycles. The molecule has 112 valence electrons. The van der Waals surface area contributed by atoms with Gasteiger partial charge in [-0.3, -0.25) is 19.9 Å². The quantitative estimate of drug-likeness (QED) is 0.800. The summed E-state index contributed by atoms with van der Waals surface area (Å²) in [4.78, 5) is 30.5. The Kier molecular flexibility index (Phi) is 5.22. The van der Waals surface area contributed by atoms with E-state index in [1.165, 1.54) is 0 Å². The van der Waals surface area contributed by atoms with Gasteiger partial charge in [0.25, 0.3) is 5.91 Å². The first-order valence-electron chi connectivity index (χ1n) is 7.34. The molecule has 1 heterocycles. The van der Waals surface area contributed by atoms with Crippen molar-refractivity contribution in [2.24, 2.45) is 4.99 Å². The lowest BCUT2D eigenvalue weighted by molar-refractivity contribution is -0.124. The normalized spacial score (nSPS) is 20.3. The molecule has 1 fully saturated rings. The summed E-state index contributed by atoms with van der Waals surface area (Å²) in [5.74, 6) is -1.23. The molecule has 0 saturated carbocycles. The van der Waals surface area contributed by atoms with Crippen LogP contribution in [0.15, 0.2) is 35.3 Å². The predicted molar refractivity (Wildman–Crippen MR) is 82.4 cm³/mol. The van der Waals surface area contributed by atoms with Gasteiger partial charge in [0.2, 0.25) is 5.91 Å². The van der Waals surface area contributed by atoms with E-state index in [0.29, 0.717) is 12.3 Å². The number of carbonyl (C=O) groups is 2. The van der Waals surface area contributed by atoms with Crippen molar-refractivity contribution in [2.75, 3.05) is 26.2 Å². The fourth-order valence-corrected chi connectivity index (χ4v) is 2.47. The first kappa shape index (κ1) is 15.4. The fourth-order valence-electron chi connectivity index (χ4n) is 2.47. The summed E-state index contributed by atoms with van der Waals surface area (Å²) >= 11 is 0. The molecule has 1 saturated heterocycles. The number of likely N-dealkylation sites (N-methyl/N-ethyl adjacent to an activating group) is 1. The molecular weight excluding hydrogens is 266 g/mol. The van der Waals surface area contributed by atoms with Crippen molar-refractivity contribution in [2.45, 2.75) is 19.8 Å². The van der Waals surface area contributed by atoms with E-state index in [1.807, 2.05) is 30.3 Å². The van der Waals surface area contributed by atoms with Crippen LogP contribution in [0.2, 0.25) is 0 Å². The summed E-state index contributed by atoms with van der Waals surface area (Å²) in [6.07, 6.45) is 0. The topological polar surface area (TPSA) is 61.8 Å². The second kappa shape index (κ2) is 7.13. The maximum Gasteiger partial charge on any atom is 0.272 e. The number of hydrogen-bond acceptors (Lipinski definition) is 4. The van der Waals surface area contributed by atoms with Crippen molar-refractivity contribution in [1.29, 1.82) is 0 Å². The minimum atomic E-state index is -0.574. The fraction of sp³-hybridized carbons (Fsp3) is 0.438. The molecule has 5 nitrogen and oxygen atoms in total. The van der Waals surface area contributed by atoms with Crippen molar-refractivity contribution >= 4 is 17.5 Å². The van der Waals surface area contributed by atoms with Gasteiger partial charge in [0, 0.05) is 6.54 Å². The van der Waals surface area contributed by atoms with Crippen LogP contribution in [-0.2, 0) is 9.59 Å². The van der Waals surface area contributed by atoms with Gasteiger partial charge < -0.3 is 4.90 Å². The van der Waals surface area contributed by atoms with Crippen molar-refractivity contribution in [3.8, 4) is 0 Å². The van der Waals surface area contributed by atoms with Gasteiger partial charge in [-0.25, -0.2) is 0 Å². The lowest BCUT2D eigenvalue weighted by Gasteiger charge is -2.16. The smallest absolute Gasteiger partial charge is 0.272 e. The molecule has 1 N–H and O–H groups in total. The number of rotatable bonds is 6. The van der Waals surface area contributed by atoms with Crippen LogP contribution in [0.3, 0.4) is 0 Å². The van der Waals surface area contributed by atoms with E-state index in [-0.39, 0.29) is 11.8 Å². The molecule has 1 aliphatic heterocycles. The Labute approximate surface area is 125 Å². The van der Waals surface area contributed by atoms with Crippen molar-refractivity contribution in [1.82, 2.24) is 10.2 Å². The highest BCUT2D eigenvalue weighted by atomic mass is 16.2. The molecule has 21 heavy (non-hydrogen) atoms. The van der Waals surface area contributed by atoms with Gasteiger partial charge in [-0.15, -0.1) is 0 Å². The van der Waals surface area contributed by atoms with Crippen LogP contribution in [0.25, 0.3) is 0 Å². The number of hydrogen-bond donors (Lipinski definition) is 1. The van der Waals surface area contributed by atoms with Gasteiger partial charge in [-0.1, -0.05) is 44.2 Å². The highest BCUT2D eigenvalue weighted by molar-refractivity contribution is 6.52. The van der Waals surface area contributed by atoms with E-state index < -0.39 is 5.92 Å². The highest BCUT2D eigenvalue weighted by Gasteiger charge is 2.38. The minimum absolute atomic E-state index is 0.284. The average Bonchev–Trinajstić information content (AvgIpc) is 2.78. The van der Waals surface area contributed by atoms with Gasteiger partial charge in [0.05, 0.1) is 6.54 Å². The second-order valence-electron chi connectivity index (χ2n) is 4.96. The Morgan fingerprint density at radius 1 is 1.14 bits per heavy atom. The molecule has 0 radical (unpaired) electrons. The monoisotopic (exact) mass is 287 g/mol. The molecule has 1 aromatic rings. The SMILES string of the molecule is CCN(CC)CCN=C1C(=O)NC(=O)C1c1ccccc1. The summed E-state index contributed by atoms with van der Waals surface area (Å²) in [6.45, 7) is 7.41. The third-order valence-electron chi connectivity index (χ3n) is 3.73. The molecule has 1 unspecified atom stereocenters. The first-order chi connectivity index (χ1) is 10.2. The van der Waals surface area contributed by atoms with E-state index in [1.54, 1.807) is 0 Å². The highest BCUT2D eigenvalue weighted by Crippen LogP contribution is 2.22. The lowest BCUT2D eigenvalue weighted by Crippen LogP contribution is -2.27. The number of benzene rings is 1. The molecule has 0 bridgehead atoms. The summed E-state index contributed by atoms with van der Waals surface area (Å²) in [6, 6.07) is 9.30. The van der Waals surface area contributed by atoms with E-state index in [9.17, 15) is 9.59 Å². The maximum absolute atomic E-state index is 12.0. The summed E-state index contributed by atoms with van der Waals surface area (Å²) in [7, 11) is 0. The number of carbonyl (C=O) groups excluding carboxylic acids is 2. The molecule has 1 aliphatic rings. The van der Waals surface area contributed by atoms with E-state index in [0.717, 1.165) is 25.2 Å². The molecule has 1 aromatic carbocycles. The van der Waals surface area contributed by atoms with Crippen LogP contribution in [0.1, 0.15) is 25.3 Å². The summed E-state index contributed by atoms with van der Waals surface area (Å²) in [5.41, 5.74) is 1.14. The van der Waals surface area contributed by atoms with Crippen LogP contribution in [-0.4, -0.2) is 48.6 Å². The molecule has 1 atom stereocenters. The van der Waals surface area contributed by atoms with Crippen LogP contribution in [0.4, 0.5) is 0 Å². The van der Waals surface area contributed by atoms with Crippen LogP contribution in [0, 0.1) is 0 Å². The number of amides is 2. The number of imide groups is 1. The van der Waals surface area contributed by atoms with Crippen molar-refractivity contribution in [3.63, 3.8) is 0 Å². The third-order valence-corrected chi connectivity index (χ3v) is 3.73. The van der Waals surface area contributed by atoms with Gasteiger partial charge in [0.15, 0.2) is 0 Å². The van der Waals surface area contributed by atoms with Gasteiger partial charge in [-0.05, 0) is 18.7 Å². The Balaban J connectivity index is 2.15. The van der Waals surface area contributed by atoms with Gasteiger partial charge >= 0.3 is 0 Å². The second-order valence-corrected chi connectivity index (χ2v) is 4.96. The van der Waals surface area contributed by atoms with Crippen LogP contribution < -0.4 is 5.32 Å². The minimum Gasteiger partial charge on any atom is -0.302 e. The Morgan fingerprint density at radius 3 is 2.43 bits per heavy atom. The number of aliphatic imine (C=N–C) groups is 1. The van der Waals surface area contributed by atoms with Crippen molar-refractivity contribution < 1.29 is 9.59 Å². The van der Waals surface area contributed by atoms with Gasteiger partial charge in [0.1, 0.15) is 11.6 Å². The molecule has 2 rings (SSSR count). The lowest BCUT2D eigenvalue weighted by atomic mass is 9.96. The standard InChI is InChI=1S/C16H21N3O2/c1-3-19(4-2)11-10-17-14-13(15(20)18-16(14)21)12-8-6-5-7-9-12/h5-9,13H,3-4,10-11H2,1-2H3,(H,18,20,21). The Hall–Kier alpha value is -2.01. The zero-order valence-electron chi connectivity index (χ0n) is 12.5. The first-order valence-corrected chi connectivity index (χ1v) is 7.34. The van der Waals surface area contributed by atoms with E-state index in [4.69, 9.17) is 0 Å². The molecule has 0 spiro atoms. The molecule has 2 amide bonds. The van der Waals surface area contributed by atoms with Crippen LogP contribution in [0.5, 0.6) is 0 Å². The number of nitrogens with zero attached hydrogens (tertiary/aromatic N) is 2. The average molecular weight is 287 g/mol. The number of nitrogens with one attached hydrogen (secondary N) is 1. The van der Waals surface area contributed by atoms with Crippen molar-refractivity contribution in [3.05, 3.63) is 35.9 Å². The Morgan fingerprint density at radius 2 is 1.81 bits per heavy atom. The predicted octanol–water partition coefficient (Wildman–Crippen LogP) is 1.21. The van der Waals surface area contributed by atoms with Crippen LogP contribution >= 0.6 is 0 Å². The Bertz CT molecular complexity index is 536. The summed E-state index contributed by atoms with van der Waals surface area (Å²) in [5, 5.41) is 2.36. The van der Waals surface area contributed by atoms with Gasteiger partial charge in [-0.2, -0.15) is 0 Å². The zero-order chi connectivity index (χ0) is 15.2. The van der Waals surface area contributed by atoms with E-state index >= 15 is 0 Å². The third kappa shape index (κ3) is 3.55. The molecular formula is C16H21N3O2. The summed E-state index contributed by atoms with van der Waals surface area (Å²) < 4.78 is 0. The maximum atomic E-state index is 12.0. The van der Waals surface area contributed by atoms with E-state index in [2.05, 4.69) is 29.1 Å². The largest absolute Gasteiger partial charge is 0.302 e.